The van der Waals surface area contributed by atoms with Crippen LogP contribution in [0.15, 0.2) is 134 Å². The van der Waals surface area contributed by atoms with Crippen LogP contribution in [0.25, 0.3) is 5.57 Å². The third-order valence-electron chi connectivity index (χ3n) is 6.76. The Labute approximate surface area is 251 Å². The molecule has 0 saturated carbocycles. The van der Waals surface area contributed by atoms with Crippen LogP contribution in [0, 0.1) is 0 Å². The number of hydrogen-bond acceptors (Lipinski definition) is 6. The molecule has 0 bridgehead atoms. The Balaban J connectivity index is 1.56. The average Bonchev–Trinajstić information content (AvgIpc) is 3.02. The Morgan fingerprint density at radius 1 is 0.907 bits per heavy atom. The van der Waals surface area contributed by atoms with Gasteiger partial charge in [-0.3, -0.25) is 4.79 Å². The molecule has 5 N–H and O–H groups in total. The van der Waals surface area contributed by atoms with E-state index in [4.69, 9.17) is 15.3 Å². The van der Waals surface area contributed by atoms with Gasteiger partial charge in [-0.1, -0.05) is 128 Å². The number of nitrogens with one attached hydrogen (secondary N) is 2. The first kappa shape index (κ1) is 30.8. The molecule has 0 aromatic heterocycles. The number of amides is 2. The van der Waals surface area contributed by atoms with Gasteiger partial charge in [0.05, 0.1) is 6.04 Å². The van der Waals surface area contributed by atoms with Gasteiger partial charge in [-0.15, -0.1) is 0 Å². The minimum absolute atomic E-state index is 0.0793. The van der Waals surface area contributed by atoms with E-state index in [-0.39, 0.29) is 25.3 Å². The molecule has 3 aromatic rings. The van der Waals surface area contributed by atoms with Crippen LogP contribution in [-0.2, 0) is 15.1 Å². The van der Waals surface area contributed by atoms with Crippen LogP contribution in [-0.4, -0.2) is 36.3 Å². The summed E-state index contributed by atoms with van der Waals surface area (Å²) in [5.41, 5.74) is 10.4. The maximum absolute atomic E-state index is 12.7. The first-order chi connectivity index (χ1) is 20.9. The topological polar surface area (TPSA) is 123 Å². The minimum Gasteiger partial charge on any atom is -0.445 e. The summed E-state index contributed by atoms with van der Waals surface area (Å²) in [5, 5.41) is 15.0. The van der Waals surface area contributed by atoms with Gasteiger partial charge in [0, 0.05) is 12.1 Å². The summed E-state index contributed by atoms with van der Waals surface area (Å²) < 4.78 is 4.84. The van der Waals surface area contributed by atoms with Gasteiger partial charge in [-0.25, -0.2) is 4.79 Å². The minimum atomic E-state index is -1.62. The van der Waals surface area contributed by atoms with E-state index in [1.54, 1.807) is 24.3 Å². The summed E-state index contributed by atoms with van der Waals surface area (Å²) in [6.07, 6.45) is 14.9. The van der Waals surface area contributed by atoms with Crippen molar-refractivity contribution in [3.63, 3.8) is 0 Å². The molecule has 0 saturated heterocycles. The van der Waals surface area contributed by atoms with Crippen molar-refractivity contribution in [3.8, 4) is 5.75 Å². The predicted octanol–water partition coefficient (Wildman–Crippen LogP) is 5.08. The van der Waals surface area contributed by atoms with Crippen molar-refractivity contribution in [2.45, 2.75) is 18.1 Å². The highest BCUT2D eigenvalue weighted by molar-refractivity contribution is 5.81. The molecule has 0 fully saturated rings. The number of rotatable bonds is 12. The Morgan fingerprint density at radius 3 is 2.35 bits per heavy atom. The fourth-order valence-corrected chi connectivity index (χ4v) is 4.50. The SMILES string of the molecule is C=CCOC(=O)NCCC(N)C(=O)NOc1ccccc1C(O)(c1ccccc1)c1ccc(C2=C/C=C\C=C/C=C\2)cc1. The number of aliphatic hydroxyl groups is 1. The lowest BCUT2D eigenvalue weighted by molar-refractivity contribution is -0.129. The molecule has 43 heavy (non-hydrogen) atoms. The van der Waals surface area contributed by atoms with Crippen molar-refractivity contribution < 1.29 is 24.3 Å². The first-order valence-electron chi connectivity index (χ1n) is 13.9. The lowest BCUT2D eigenvalue weighted by Crippen LogP contribution is -2.44. The van der Waals surface area contributed by atoms with Crippen LogP contribution in [0.4, 0.5) is 4.79 Å². The van der Waals surface area contributed by atoms with Gasteiger partial charge in [-0.05, 0) is 34.8 Å². The smallest absolute Gasteiger partial charge is 0.407 e. The second kappa shape index (κ2) is 15.2. The number of allylic oxidation sites excluding steroid dienone is 8. The molecule has 2 atom stereocenters. The van der Waals surface area contributed by atoms with Gasteiger partial charge >= 0.3 is 6.09 Å². The molecule has 2 unspecified atom stereocenters. The maximum atomic E-state index is 12.7. The summed E-state index contributed by atoms with van der Waals surface area (Å²) in [5.74, 6) is -0.347. The quantitative estimate of drug-likeness (QED) is 0.135. The summed E-state index contributed by atoms with van der Waals surface area (Å²) >= 11 is 0. The number of carbonyl (C=O) groups is 2. The lowest BCUT2D eigenvalue weighted by atomic mass is 9.79. The zero-order chi connectivity index (χ0) is 30.5. The van der Waals surface area contributed by atoms with Crippen LogP contribution < -0.4 is 21.4 Å². The third kappa shape index (κ3) is 7.97. The normalized spacial score (nSPS) is 17.8. The highest BCUT2D eigenvalue weighted by Gasteiger charge is 2.37. The highest BCUT2D eigenvalue weighted by atomic mass is 16.7. The fourth-order valence-electron chi connectivity index (χ4n) is 4.50. The van der Waals surface area contributed by atoms with E-state index in [1.807, 2.05) is 97.1 Å². The van der Waals surface area contributed by atoms with Gasteiger partial charge in [0.2, 0.25) is 0 Å². The first-order valence-corrected chi connectivity index (χ1v) is 13.9. The van der Waals surface area contributed by atoms with Crippen molar-refractivity contribution >= 4 is 17.6 Å². The van der Waals surface area contributed by atoms with Crippen molar-refractivity contribution in [2.75, 3.05) is 13.2 Å². The molecule has 0 aliphatic heterocycles. The molecule has 1 aliphatic carbocycles. The molecular formula is C35H35N3O5. The lowest BCUT2D eigenvalue weighted by Gasteiger charge is -2.31. The van der Waals surface area contributed by atoms with Crippen LogP contribution in [0.3, 0.4) is 0 Å². The van der Waals surface area contributed by atoms with E-state index in [0.717, 1.165) is 11.1 Å². The van der Waals surface area contributed by atoms with E-state index in [2.05, 4.69) is 17.4 Å². The second-order valence-electron chi connectivity index (χ2n) is 9.68. The van der Waals surface area contributed by atoms with E-state index >= 15 is 0 Å². The number of hydrogen-bond donors (Lipinski definition) is 4. The largest absolute Gasteiger partial charge is 0.445 e. The van der Waals surface area contributed by atoms with Gasteiger partial charge < -0.3 is 25.7 Å². The molecule has 220 valence electrons. The Kier molecular flexibility index (Phi) is 10.9. The Bertz CT molecular complexity index is 1530. The molecule has 1 aliphatic rings. The van der Waals surface area contributed by atoms with Crippen LogP contribution in [0.1, 0.15) is 28.7 Å². The number of carbonyl (C=O) groups excluding carboxylic acids is 2. The fraction of sp³-hybridized carbons (Fsp3) is 0.143. The Hall–Kier alpha value is -5.18. The monoisotopic (exact) mass is 577 g/mol. The van der Waals surface area contributed by atoms with Crippen molar-refractivity contribution in [2.24, 2.45) is 5.73 Å². The third-order valence-corrected chi connectivity index (χ3v) is 6.76. The van der Waals surface area contributed by atoms with E-state index < -0.39 is 23.6 Å². The number of alkyl carbamates (subject to hydrolysis) is 1. The number of nitrogens with two attached hydrogens (primary N) is 1. The zero-order valence-corrected chi connectivity index (χ0v) is 23.7. The van der Waals surface area contributed by atoms with Gasteiger partial charge in [0.25, 0.3) is 5.91 Å². The van der Waals surface area contributed by atoms with E-state index in [9.17, 15) is 14.7 Å². The van der Waals surface area contributed by atoms with Crippen LogP contribution in [0.5, 0.6) is 5.75 Å². The second-order valence-corrected chi connectivity index (χ2v) is 9.68. The summed E-state index contributed by atoms with van der Waals surface area (Å²) in [6, 6.07) is 22.9. The van der Waals surface area contributed by atoms with Gasteiger partial charge in [0.1, 0.15) is 12.2 Å². The molecule has 8 heteroatoms. The molecule has 3 aromatic carbocycles. The standard InChI is InChI=1S/C35H35N3O5/c1-2-25-42-34(40)37-24-23-31(36)33(39)38-43-32-18-12-11-17-30(32)35(41,28-15-9-6-10-16-28)29-21-19-27(20-22-29)26-13-7-4-3-5-8-14-26/h2-22,31,41H,1,23-25,36H2,(H,37,40)(H,38,39)/b4-3-,5-3?,7-4?,8-5-,13-7-,14-8?,26-13?,26-14+. The summed E-state index contributed by atoms with van der Waals surface area (Å²) in [4.78, 5) is 30.0. The van der Waals surface area contributed by atoms with Gasteiger partial charge in [0.15, 0.2) is 5.75 Å². The van der Waals surface area contributed by atoms with Crippen molar-refractivity contribution in [1.82, 2.24) is 10.8 Å². The van der Waals surface area contributed by atoms with E-state index in [0.29, 0.717) is 16.7 Å². The summed E-state index contributed by atoms with van der Waals surface area (Å²) in [6.45, 7) is 3.69. The molecule has 0 spiro atoms. The molecule has 8 nitrogen and oxygen atoms in total. The van der Waals surface area contributed by atoms with E-state index in [1.165, 1.54) is 6.08 Å². The number of para-hydroxylation sites is 1. The maximum Gasteiger partial charge on any atom is 0.407 e. The van der Waals surface area contributed by atoms with Crippen LogP contribution in [0.2, 0.25) is 0 Å². The molecule has 2 amide bonds. The molecule has 4 rings (SSSR count). The van der Waals surface area contributed by atoms with Crippen molar-refractivity contribution in [1.29, 1.82) is 0 Å². The van der Waals surface area contributed by atoms with Gasteiger partial charge in [-0.2, -0.15) is 5.48 Å². The molecular weight excluding hydrogens is 542 g/mol. The predicted molar refractivity (Wildman–Crippen MR) is 168 cm³/mol. The number of hydroxylamine groups is 1. The number of benzene rings is 3. The van der Waals surface area contributed by atoms with Crippen LogP contribution >= 0.6 is 0 Å². The highest BCUT2D eigenvalue weighted by Crippen LogP contribution is 2.41. The molecule has 0 heterocycles. The Morgan fingerprint density at radius 2 is 1.58 bits per heavy atom. The zero-order valence-electron chi connectivity index (χ0n) is 23.7. The van der Waals surface area contributed by atoms with Crippen molar-refractivity contribution in [3.05, 3.63) is 156 Å². The number of ether oxygens (including phenoxy) is 1. The average molecular weight is 578 g/mol. The summed E-state index contributed by atoms with van der Waals surface area (Å²) in [7, 11) is 0. The molecule has 0 radical (unpaired) electrons.